The van der Waals surface area contributed by atoms with Crippen LogP contribution in [0.25, 0.3) is 0 Å². The van der Waals surface area contributed by atoms with Crippen LogP contribution < -0.4 is 5.32 Å². The highest BCUT2D eigenvalue weighted by Crippen LogP contribution is 2.23. The van der Waals surface area contributed by atoms with Crippen LogP contribution in [0.1, 0.15) is 42.7 Å². The number of amides is 1. The summed E-state index contributed by atoms with van der Waals surface area (Å²) in [5, 5.41) is 3.46. The van der Waals surface area contributed by atoms with Gasteiger partial charge in [0.25, 0.3) is 0 Å². The minimum absolute atomic E-state index is 0.287. The number of benzene rings is 1. The maximum atomic E-state index is 12.1. The number of carbonyl (C=O) groups is 1. The molecule has 0 aromatic heterocycles. The summed E-state index contributed by atoms with van der Waals surface area (Å²) in [4.78, 5) is 14.1. The van der Waals surface area contributed by atoms with Gasteiger partial charge in [0, 0.05) is 19.6 Å². The Morgan fingerprint density at radius 1 is 1.15 bits per heavy atom. The van der Waals surface area contributed by atoms with Crippen molar-refractivity contribution >= 4 is 5.91 Å². The molecule has 1 amide bonds. The van der Waals surface area contributed by atoms with E-state index in [1.807, 2.05) is 4.90 Å². The molecule has 1 aromatic rings. The molecule has 2 fully saturated rings. The Kier molecular flexibility index (Phi) is 4.36. The molecule has 2 aliphatic rings. The molecule has 3 nitrogen and oxygen atoms in total. The van der Waals surface area contributed by atoms with Crippen LogP contribution in [0.4, 0.5) is 0 Å². The molecule has 3 rings (SSSR count). The van der Waals surface area contributed by atoms with Gasteiger partial charge in [0.2, 0.25) is 5.91 Å². The van der Waals surface area contributed by atoms with Crippen molar-refractivity contribution in [3.05, 3.63) is 35.4 Å². The first-order chi connectivity index (χ1) is 9.83. The molecule has 1 unspecified atom stereocenters. The third kappa shape index (κ3) is 3.21. The lowest BCUT2D eigenvalue weighted by atomic mass is 9.91. The lowest BCUT2D eigenvalue weighted by molar-refractivity contribution is -0.129. The van der Waals surface area contributed by atoms with Gasteiger partial charge < -0.3 is 10.2 Å². The highest BCUT2D eigenvalue weighted by Gasteiger charge is 2.18. The number of carbonyl (C=O) groups excluding carboxylic acids is 1. The maximum absolute atomic E-state index is 12.1. The molecule has 0 aliphatic carbocycles. The molecule has 0 saturated carbocycles. The zero-order valence-corrected chi connectivity index (χ0v) is 12.1. The van der Waals surface area contributed by atoms with E-state index in [0.29, 0.717) is 12.3 Å². The number of piperidine rings is 1. The van der Waals surface area contributed by atoms with Gasteiger partial charge in [0.1, 0.15) is 0 Å². The van der Waals surface area contributed by atoms with E-state index in [4.69, 9.17) is 0 Å². The van der Waals surface area contributed by atoms with Gasteiger partial charge in [-0.3, -0.25) is 4.79 Å². The van der Waals surface area contributed by atoms with E-state index in [1.54, 1.807) is 0 Å². The van der Waals surface area contributed by atoms with Crippen molar-refractivity contribution in [2.45, 2.75) is 38.0 Å². The summed E-state index contributed by atoms with van der Waals surface area (Å²) in [6.07, 6.45) is 5.43. The smallest absolute Gasteiger partial charge is 0.226 e. The SMILES string of the molecule is O=C(Cc1ccc(C2CCCNC2)cc1)N1CCCC1. The van der Waals surface area contributed by atoms with Gasteiger partial charge in [-0.05, 0) is 49.3 Å². The van der Waals surface area contributed by atoms with Crippen LogP contribution in [0.5, 0.6) is 0 Å². The summed E-state index contributed by atoms with van der Waals surface area (Å²) in [6, 6.07) is 8.70. The first-order valence-electron chi connectivity index (χ1n) is 7.90. The largest absolute Gasteiger partial charge is 0.342 e. The standard InChI is InChI=1S/C17H24N2O/c20-17(19-10-1-2-11-19)12-14-5-7-15(8-6-14)16-4-3-9-18-13-16/h5-8,16,18H,1-4,9-13H2. The second kappa shape index (κ2) is 6.40. The van der Waals surface area contributed by atoms with Gasteiger partial charge in [-0.25, -0.2) is 0 Å². The van der Waals surface area contributed by atoms with Crippen molar-refractivity contribution in [1.29, 1.82) is 0 Å². The molecule has 0 radical (unpaired) electrons. The molecule has 2 aliphatic heterocycles. The van der Waals surface area contributed by atoms with E-state index in [2.05, 4.69) is 29.6 Å². The maximum Gasteiger partial charge on any atom is 0.226 e. The first-order valence-corrected chi connectivity index (χ1v) is 7.90. The van der Waals surface area contributed by atoms with Crippen molar-refractivity contribution in [3.63, 3.8) is 0 Å². The van der Waals surface area contributed by atoms with Crippen LogP contribution in [0.2, 0.25) is 0 Å². The summed E-state index contributed by atoms with van der Waals surface area (Å²) < 4.78 is 0. The number of hydrogen-bond donors (Lipinski definition) is 1. The van der Waals surface area contributed by atoms with Crippen molar-refractivity contribution in [3.8, 4) is 0 Å². The molecule has 108 valence electrons. The number of rotatable bonds is 3. The molecule has 20 heavy (non-hydrogen) atoms. The monoisotopic (exact) mass is 272 g/mol. The van der Waals surface area contributed by atoms with Crippen LogP contribution in [-0.2, 0) is 11.2 Å². The minimum atomic E-state index is 0.287. The summed E-state index contributed by atoms with van der Waals surface area (Å²) in [5.74, 6) is 0.932. The Labute approximate surface area is 121 Å². The van der Waals surface area contributed by atoms with Gasteiger partial charge in [0.05, 0.1) is 6.42 Å². The van der Waals surface area contributed by atoms with Crippen molar-refractivity contribution in [2.75, 3.05) is 26.2 Å². The quantitative estimate of drug-likeness (QED) is 0.916. The van der Waals surface area contributed by atoms with Gasteiger partial charge in [-0.2, -0.15) is 0 Å². The molecule has 1 aromatic carbocycles. The van der Waals surface area contributed by atoms with Crippen LogP contribution in [0.3, 0.4) is 0 Å². The summed E-state index contributed by atoms with van der Waals surface area (Å²) in [7, 11) is 0. The molecule has 1 atom stereocenters. The zero-order chi connectivity index (χ0) is 13.8. The summed E-state index contributed by atoms with van der Waals surface area (Å²) in [6.45, 7) is 4.14. The number of likely N-dealkylation sites (tertiary alicyclic amines) is 1. The van der Waals surface area contributed by atoms with Crippen molar-refractivity contribution in [1.82, 2.24) is 10.2 Å². The fourth-order valence-electron chi connectivity index (χ4n) is 3.30. The molecular formula is C17H24N2O. The minimum Gasteiger partial charge on any atom is -0.342 e. The second-order valence-corrected chi connectivity index (χ2v) is 6.05. The van der Waals surface area contributed by atoms with Gasteiger partial charge >= 0.3 is 0 Å². The molecule has 1 N–H and O–H groups in total. The molecular weight excluding hydrogens is 248 g/mol. The third-order valence-electron chi connectivity index (χ3n) is 4.56. The Hall–Kier alpha value is -1.35. The Bertz CT molecular complexity index is 443. The number of hydrogen-bond acceptors (Lipinski definition) is 2. The van der Waals surface area contributed by atoms with E-state index >= 15 is 0 Å². The van der Waals surface area contributed by atoms with Gasteiger partial charge in [-0.1, -0.05) is 24.3 Å². The van der Waals surface area contributed by atoms with E-state index < -0.39 is 0 Å². The van der Waals surface area contributed by atoms with E-state index in [-0.39, 0.29) is 5.91 Å². The number of nitrogens with zero attached hydrogens (tertiary/aromatic N) is 1. The van der Waals surface area contributed by atoms with Crippen molar-refractivity contribution < 1.29 is 4.79 Å². The Morgan fingerprint density at radius 3 is 2.55 bits per heavy atom. The average Bonchev–Trinajstić information content (AvgIpc) is 3.03. The lowest BCUT2D eigenvalue weighted by Crippen LogP contribution is -2.29. The highest BCUT2D eigenvalue weighted by molar-refractivity contribution is 5.79. The van der Waals surface area contributed by atoms with Crippen LogP contribution in [0, 0.1) is 0 Å². The normalized spacial score (nSPS) is 23.0. The molecule has 2 heterocycles. The third-order valence-corrected chi connectivity index (χ3v) is 4.56. The second-order valence-electron chi connectivity index (χ2n) is 6.05. The fraction of sp³-hybridized carbons (Fsp3) is 0.588. The summed E-state index contributed by atoms with van der Waals surface area (Å²) in [5.41, 5.74) is 2.56. The van der Waals surface area contributed by atoms with E-state index in [0.717, 1.165) is 31.7 Å². The molecule has 3 heteroatoms. The average molecular weight is 272 g/mol. The Balaban J connectivity index is 1.59. The number of nitrogens with one attached hydrogen (secondary N) is 1. The Morgan fingerprint density at radius 2 is 1.90 bits per heavy atom. The van der Waals surface area contributed by atoms with Crippen molar-refractivity contribution in [2.24, 2.45) is 0 Å². The van der Waals surface area contributed by atoms with Crippen LogP contribution in [0.15, 0.2) is 24.3 Å². The van der Waals surface area contributed by atoms with Crippen LogP contribution >= 0.6 is 0 Å². The summed E-state index contributed by atoms with van der Waals surface area (Å²) >= 11 is 0. The molecule has 0 spiro atoms. The van der Waals surface area contributed by atoms with Gasteiger partial charge in [0.15, 0.2) is 0 Å². The zero-order valence-electron chi connectivity index (χ0n) is 12.1. The molecule has 0 bridgehead atoms. The molecule has 2 saturated heterocycles. The first kappa shape index (κ1) is 13.6. The highest BCUT2D eigenvalue weighted by atomic mass is 16.2. The topological polar surface area (TPSA) is 32.3 Å². The lowest BCUT2D eigenvalue weighted by Gasteiger charge is -2.23. The van der Waals surface area contributed by atoms with E-state index in [9.17, 15) is 4.79 Å². The fourth-order valence-corrected chi connectivity index (χ4v) is 3.30. The predicted octanol–water partition coefficient (Wildman–Crippen LogP) is 2.32. The van der Waals surface area contributed by atoms with Gasteiger partial charge in [-0.15, -0.1) is 0 Å². The predicted molar refractivity (Wildman–Crippen MR) is 80.8 cm³/mol. The van der Waals surface area contributed by atoms with E-state index in [1.165, 1.54) is 31.2 Å². The van der Waals surface area contributed by atoms with Crippen LogP contribution in [-0.4, -0.2) is 37.0 Å².